The van der Waals surface area contributed by atoms with Gasteiger partial charge in [-0.05, 0) is 20.8 Å². The normalized spacial score (nSPS) is 9.90. The van der Waals surface area contributed by atoms with E-state index in [0.29, 0.717) is 0 Å². The predicted molar refractivity (Wildman–Crippen MR) is 76.1 cm³/mol. The Bertz CT molecular complexity index is 384. The van der Waals surface area contributed by atoms with E-state index in [4.69, 9.17) is 9.84 Å². The van der Waals surface area contributed by atoms with Crippen LogP contribution in [0.1, 0.15) is 45.7 Å². The minimum Gasteiger partial charge on any atom is -0.463 e. The van der Waals surface area contributed by atoms with Crippen molar-refractivity contribution in [2.45, 2.75) is 47.8 Å². The number of carbonyl (C=O) groups is 1. The van der Waals surface area contributed by atoms with Crippen LogP contribution < -0.4 is 0 Å². The zero-order valence-corrected chi connectivity index (χ0v) is 15.9. The molecule has 0 aliphatic heterocycles. The van der Waals surface area contributed by atoms with Crippen molar-refractivity contribution in [1.29, 1.82) is 0 Å². The molecule has 0 spiro atoms. The van der Waals surface area contributed by atoms with Crippen LogP contribution in [0.15, 0.2) is 18.2 Å². The van der Waals surface area contributed by atoms with Gasteiger partial charge in [0.05, 0.1) is 12.0 Å². The topological polar surface area (TPSA) is 46.5 Å². The number of hydrogen-bond acceptors (Lipinski definition) is 3. The van der Waals surface area contributed by atoms with E-state index in [1.807, 2.05) is 41.0 Å². The molecule has 0 atom stereocenters. The van der Waals surface area contributed by atoms with Crippen LogP contribution in [0.4, 0.5) is 0 Å². The van der Waals surface area contributed by atoms with Gasteiger partial charge in [0.15, 0.2) is 0 Å². The van der Waals surface area contributed by atoms with Crippen molar-refractivity contribution in [3.8, 4) is 0 Å². The summed E-state index contributed by atoms with van der Waals surface area (Å²) in [6.45, 7) is 9.61. The van der Waals surface area contributed by atoms with Crippen LogP contribution in [0.25, 0.3) is 0 Å². The number of ether oxygens (including phenoxy) is 1. The Morgan fingerprint density at radius 3 is 2.40 bits per heavy atom. The second-order valence-electron chi connectivity index (χ2n) is 5.28. The molecule has 4 heteroatoms. The van der Waals surface area contributed by atoms with Gasteiger partial charge in [-0.25, -0.2) is 0 Å². The van der Waals surface area contributed by atoms with Gasteiger partial charge in [0, 0.05) is 39.3 Å². The maximum atomic E-state index is 11.5. The van der Waals surface area contributed by atoms with E-state index >= 15 is 0 Å². The number of benzene rings is 1. The van der Waals surface area contributed by atoms with Gasteiger partial charge in [0.1, 0.15) is 0 Å². The van der Waals surface area contributed by atoms with Gasteiger partial charge in [0.25, 0.3) is 0 Å². The molecule has 0 aliphatic carbocycles. The third-order valence-electron chi connectivity index (χ3n) is 2.08. The maximum Gasteiger partial charge on any atom is 0.311 e. The first-order chi connectivity index (χ1) is 8.85. The summed E-state index contributed by atoms with van der Waals surface area (Å²) in [6, 6.07) is 8.22. The third-order valence-corrected chi connectivity index (χ3v) is 2.08. The van der Waals surface area contributed by atoms with Crippen molar-refractivity contribution >= 4 is 5.97 Å². The summed E-state index contributed by atoms with van der Waals surface area (Å²) in [5.41, 5.74) is 1.07. The first-order valence-electron chi connectivity index (χ1n) is 6.36. The first-order valence-corrected chi connectivity index (χ1v) is 6.36. The summed E-state index contributed by atoms with van der Waals surface area (Å²) in [6.07, 6.45) is 2.00. The monoisotopic (exact) mass is 353 g/mol. The zero-order chi connectivity index (χ0) is 14.9. The SMILES string of the molecule is CC(C)(C)C(=O)OCc1[c-]ccc(CO)c1.C[CH-]C.[Y]. The Hall–Kier alpha value is -0.246. The van der Waals surface area contributed by atoms with E-state index < -0.39 is 5.41 Å². The molecule has 20 heavy (non-hydrogen) atoms. The standard InChI is InChI=1S/C13H17O3.C3H7.Y/c1-13(2,3)12(15)16-9-11-6-4-5-10(7-11)8-14;1-3-2;/h4-5,7,14H,8-9H2,1-3H3;3H,1-2H3;/q2*-1;. The molecule has 111 valence electrons. The van der Waals surface area contributed by atoms with Gasteiger partial charge in [-0.2, -0.15) is 38.1 Å². The Kier molecular flexibility index (Phi) is 12.6. The van der Waals surface area contributed by atoms with Gasteiger partial charge < -0.3 is 16.3 Å². The summed E-state index contributed by atoms with van der Waals surface area (Å²) >= 11 is 0. The molecular weight excluding hydrogens is 329 g/mol. The molecule has 1 aromatic rings. The van der Waals surface area contributed by atoms with Crippen LogP contribution in [0.2, 0.25) is 0 Å². The number of hydrogen-bond donors (Lipinski definition) is 1. The summed E-state index contributed by atoms with van der Waals surface area (Å²) in [4.78, 5) is 11.5. The van der Waals surface area contributed by atoms with E-state index in [9.17, 15) is 4.79 Å². The largest absolute Gasteiger partial charge is 0.463 e. The number of rotatable bonds is 3. The minimum absolute atomic E-state index is 0. The van der Waals surface area contributed by atoms with E-state index in [1.54, 1.807) is 18.2 Å². The molecule has 0 saturated heterocycles. The van der Waals surface area contributed by atoms with Crippen molar-refractivity contribution < 1.29 is 47.3 Å². The molecule has 1 rings (SSSR count). The number of aliphatic hydroxyl groups excluding tert-OH is 1. The van der Waals surface area contributed by atoms with Crippen molar-refractivity contribution in [2.75, 3.05) is 0 Å². The van der Waals surface area contributed by atoms with Crippen LogP contribution in [0.3, 0.4) is 0 Å². The molecule has 0 bridgehead atoms. The maximum absolute atomic E-state index is 11.5. The Labute approximate surface area is 148 Å². The van der Waals surface area contributed by atoms with Crippen LogP contribution in [0, 0.1) is 17.9 Å². The quantitative estimate of drug-likeness (QED) is 0.670. The molecule has 1 N–H and O–H groups in total. The summed E-state index contributed by atoms with van der Waals surface area (Å²) < 4.78 is 5.14. The van der Waals surface area contributed by atoms with E-state index in [0.717, 1.165) is 11.1 Å². The first kappa shape index (κ1) is 22.0. The number of aliphatic hydroxyl groups is 1. The average molecular weight is 353 g/mol. The van der Waals surface area contributed by atoms with E-state index in [-0.39, 0.29) is 51.9 Å². The van der Waals surface area contributed by atoms with Crippen molar-refractivity contribution in [3.63, 3.8) is 0 Å². The van der Waals surface area contributed by atoms with Crippen molar-refractivity contribution in [3.05, 3.63) is 41.8 Å². The second kappa shape index (κ2) is 11.4. The Balaban J connectivity index is 0. The van der Waals surface area contributed by atoms with Crippen LogP contribution >= 0.6 is 0 Å². The Morgan fingerprint density at radius 1 is 1.40 bits per heavy atom. The van der Waals surface area contributed by atoms with Gasteiger partial charge >= 0.3 is 5.97 Å². The zero-order valence-electron chi connectivity index (χ0n) is 13.1. The predicted octanol–water partition coefficient (Wildman–Crippen LogP) is 3.30. The van der Waals surface area contributed by atoms with Gasteiger partial charge in [-0.3, -0.25) is 4.79 Å². The molecule has 0 saturated carbocycles. The fourth-order valence-corrected chi connectivity index (χ4v) is 1.11. The molecule has 0 aromatic heterocycles. The average Bonchev–Trinajstić information content (AvgIpc) is 2.36. The molecule has 0 amide bonds. The molecule has 3 nitrogen and oxygen atoms in total. The third kappa shape index (κ3) is 9.63. The Morgan fingerprint density at radius 2 is 1.95 bits per heavy atom. The molecule has 1 aromatic carbocycles. The molecule has 0 aliphatic rings. The second-order valence-corrected chi connectivity index (χ2v) is 5.28. The molecule has 0 heterocycles. The molecule has 0 fully saturated rings. The summed E-state index contributed by atoms with van der Waals surface area (Å²) in [5, 5.41) is 8.95. The van der Waals surface area contributed by atoms with Crippen molar-refractivity contribution in [1.82, 2.24) is 0 Å². The van der Waals surface area contributed by atoms with Crippen LogP contribution in [0.5, 0.6) is 0 Å². The van der Waals surface area contributed by atoms with Crippen molar-refractivity contribution in [2.24, 2.45) is 5.41 Å². The molecular formula is C16H24O3Y-2. The van der Waals surface area contributed by atoms with E-state index in [1.165, 1.54) is 0 Å². The smallest absolute Gasteiger partial charge is 0.311 e. The van der Waals surface area contributed by atoms with Gasteiger partial charge in [-0.1, -0.05) is 0 Å². The number of carbonyl (C=O) groups excluding carboxylic acids is 1. The van der Waals surface area contributed by atoms with E-state index in [2.05, 4.69) is 6.07 Å². The molecule has 0 unspecified atom stereocenters. The van der Waals surface area contributed by atoms with Crippen LogP contribution in [-0.2, 0) is 55.5 Å². The fraction of sp³-hybridized carbons (Fsp3) is 0.500. The molecule has 1 radical (unpaired) electrons. The minimum atomic E-state index is -0.491. The summed E-state index contributed by atoms with van der Waals surface area (Å²) in [7, 11) is 0. The van der Waals surface area contributed by atoms with Gasteiger partial charge in [0.2, 0.25) is 0 Å². The fourth-order valence-electron chi connectivity index (χ4n) is 1.11. The number of esters is 1. The van der Waals surface area contributed by atoms with Crippen LogP contribution in [-0.4, -0.2) is 11.1 Å². The summed E-state index contributed by atoms with van der Waals surface area (Å²) in [5.74, 6) is -0.240. The van der Waals surface area contributed by atoms with Gasteiger partial charge in [-0.15, -0.1) is 11.1 Å².